The smallest absolute Gasteiger partial charge is 0.293 e. The lowest BCUT2D eigenvalue weighted by atomic mass is 10.1. The van der Waals surface area contributed by atoms with E-state index in [1.165, 1.54) is 6.07 Å². The van der Waals surface area contributed by atoms with Crippen LogP contribution in [0.2, 0.25) is 0 Å². The predicted octanol–water partition coefficient (Wildman–Crippen LogP) is 2.66. The maximum atomic E-state index is 11.8. The van der Waals surface area contributed by atoms with E-state index in [2.05, 4.69) is 20.7 Å². The number of anilines is 1. The largest absolute Gasteiger partial charge is 0.366 e. The zero-order valence-electron chi connectivity index (χ0n) is 12.9. The Balaban J connectivity index is 2.04. The van der Waals surface area contributed by atoms with Crippen molar-refractivity contribution in [2.75, 3.05) is 23.7 Å². The van der Waals surface area contributed by atoms with E-state index in [1.54, 1.807) is 12.1 Å². The fourth-order valence-corrected chi connectivity index (χ4v) is 4.48. The molecule has 0 amide bonds. The quantitative estimate of drug-likeness (QED) is 0.579. The third-order valence-electron chi connectivity index (χ3n) is 3.79. The third kappa shape index (κ3) is 4.89. The number of hydrogen-bond donors (Lipinski definition) is 1. The molecular weight excluding hydrogens is 386 g/mol. The topological polar surface area (TPSA) is 92.6 Å². The number of sulfonamides is 1. The lowest BCUT2D eigenvalue weighted by molar-refractivity contribution is -0.384. The van der Waals surface area contributed by atoms with Crippen LogP contribution in [0.15, 0.2) is 22.7 Å². The molecule has 7 nitrogen and oxygen atoms in total. The van der Waals surface area contributed by atoms with Gasteiger partial charge in [-0.25, -0.2) is 13.1 Å². The molecule has 0 saturated carbocycles. The molecule has 0 aliphatic carbocycles. The van der Waals surface area contributed by atoms with Crippen LogP contribution < -0.4 is 9.62 Å². The second-order valence-corrected chi connectivity index (χ2v) is 8.38. The number of hydrogen-bond acceptors (Lipinski definition) is 5. The maximum Gasteiger partial charge on any atom is 0.293 e. The van der Waals surface area contributed by atoms with Gasteiger partial charge in [0.25, 0.3) is 5.69 Å². The van der Waals surface area contributed by atoms with E-state index < -0.39 is 14.9 Å². The van der Waals surface area contributed by atoms with Gasteiger partial charge in [-0.3, -0.25) is 10.1 Å². The van der Waals surface area contributed by atoms with Gasteiger partial charge in [0, 0.05) is 29.7 Å². The SMILES string of the molecule is CCCS(=O)(=O)NC1CCN(c2ccc(Br)cc2[N+](=O)[O-])CC1. The van der Waals surface area contributed by atoms with Gasteiger partial charge in [-0.2, -0.15) is 0 Å². The van der Waals surface area contributed by atoms with E-state index in [0.717, 1.165) is 0 Å². The van der Waals surface area contributed by atoms with Crippen molar-refractivity contribution in [3.8, 4) is 0 Å². The molecule has 1 saturated heterocycles. The van der Waals surface area contributed by atoms with Crippen molar-refractivity contribution in [1.82, 2.24) is 4.72 Å². The highest BCUT2D eigenvalue weighted by atomic mass is 79.9. The van der Waals surface area contributed by atoms with Gasteiger partial charge in [0.2, 0.25) is 10.0 Å². The molecule has 1 fully saturated rings. The molecule has 23 heavy (non-hydrogen) atoms. The number of nitro groups is 1. The van der Waals surface area contributed by atoms with Crippen LogP contribution in [0.4, 0.5) is 11.4 Å². The Morgan fingerprint density at radius 3 is 2.61 bits per heavy atom. The Hall–Kier alpha value is -1.19. The predicted molar refractivity (Wildman–Crippen MR) is 93.2 cm³/mol. The van der Waals surface area contributed by atoms with Gasteiger partial charge in [0.1, 0.15) is 5.69 Å². The molecule has 1 heterocycles. The molecule has 0 unspecified atom stereocenters. The first-order valence-electron chi connectivity index (χ1n) is 7.51. The summed E-state index contributed by atoms with van der Waals surface area (Å²) in [5, 5.41) is 11.2. The molecule has 2 rings (SSSR count). The number of nitro benzene ring substituents is 1. The Morgan fingerprint density at radius 2 is 2.04 bits per heavy atom. The van der Waals surface area contributed by atoms with E-state index in [1.807, 2.05) is 11.8 Å². The van der Waals surface area contributed by atoms with Crippen LogP contribution in [-0.4, -0.2) is 38.2 Å². The zero-order chi connectivity index (χ0) is 17.0. The fourth-order valence-electron chi connectivity index (χ4n) is 2.73. The molecule has 1 aliphatic rings. The van der Waals surface area contributed by atoms with E-state index >= 15 is 0 Å². The van der Waals surface area contributed by atoms with Crippen molar-refractivity contribution < 1.29 is 13.3 Å². The number of piperidine rings is 1. The van der Waals surface area contributed by atoms with Crippen molar-refractivity contribution in [2.45, 2.75) is 32.2 Å². The minimum absolute atomic E-state index is 0.0596. The number of nitrogens with zero attached hydrogens (tertiary/aromatic N) is 2. The van der Waals surface area contributed by atoms with Crippen LogP contribution in [0.1, 0.15) is 26.2 Å². The van der Waals surface area contributed by atoms with Gasteiger partial charge in [-0.15, -0.1) is 0 Å². The fraction of sp³-hybridized carbons (Fsp3) is 0.571. The highest BCUT2D eigenvalue weighted by Crippen LogP contribution is 2.32. The number of nitrogens with one attached hydrogen (secondary N) is 1. The number of rotatable bonds is 6. The van der Waals surface area contributed by atoms with Crippen molar-refractivity contribution >= 4 is 37.3 Å². The van der Waals surface area contributed by atoms with Crippen LogP contribution in [0.25, 0.3) is 0 Å². The van der Waals surface area contributed by atoms with Gasteiger partial charge in [0.15, 0.2) is 0 Å². The average Bonchev–Trinajstić information content (AvgIpc) is 2.47. The lowest BCUT2D eigenvalue weighted by Gasteiger charge is -2.33. The Bertz CT molecular complexity index is 673. The molecule has 0 aromatic heterocycles. The molecule has 1 aromatic rings. The van der Waals surface area contributed by atoms with Gasteiger partial charge >= 0.3 is 0 Å². The van der Waals surface area contributed by atoms with Crippen LogP contribution in [-0.2, 0) is 10.0 Å². The summed E-state index contributed by atoms with van der Waals surface area (Å²) < 4.78 is 27.0. The molecule has 9 heteroatoms. The normalized spacial score (nSPS) is 16.5. The molecule has 0 atom stereocenters. The third-order valence-corrected chi connectivity index (χ3v) is 5.92. The van der Waals surface area contributed by atoms with E-state index in [9.17, 15) is 18.5 Å². The van der Waals surface area contributed by atoms with Crippen molar-refractivity contribution in [1.29, 1.82) is 0 Å². The van der Waals surface area contributed by atoms with Crippen LogP contribution >= 0.6 is 15.9 Å². The second kappa shape index (κ2) is 7.59. The molecule has 1 N–H and O–H groups in total. The molecule has 0 bridgehead atoms. The van der Waals surface area contributed by atoms with Gasteiger partial charge in [-0.05, 0) is 31.4 Å². The van der Waals surface area contributed by atoms with Crippen LogP contribution in [0.5, 0.6) is 0 Å². The first-order chi connectivity index (χ1) is 10.8. The minimum atomic E-state index is -3.22. The molecule has 0 radical (unpaired) electrons. The summed E-state index contributed by atoms with van der Waals surface area (Å²) in [6.45, 7) is 3.00. The van der Waals surface area contributed by atoms with E-state index in [-0.39, 0.29) is 17.5 Å². The zero-order valence-corrected chi connectivity index (χ0v) is 15.3. The standard InChI is InChI=1S/C14H20BrN3O4S/c1-2-9-23(21,22)16-12-5-7-17(8-6-12)13-4-3-11(15)10-14(13)18(19)20/h3-4,10,12,16H,2,5-9H2,1H3. The number of benzene rings is 1. The Kier molecular flexibility index (Phi) is 5.99. The summed E-state index contributed by atoms with van der Waals surface area (Å²) in [6, 6.07) is 4.89. The summed E-state index contributed by atoms with van der Waals surface area (Å²) in [5.41, 5.74) is 0.637. The Labute approximate surface area is 144 Å². The maximum absolute atomic E-state index is 11.8. The monoisotopic (exact) mass is 405 g/mol. The molecule has 128 valence electrons. The van der Waals surface area contributed by atoms with Crippen LogP contribution in [0.3, 0.4) is 0 Å². The minimum Gasteiger partial charge on any atom is -0.366 e. The summed E-state index contributed by atoms with van der Waals surface area (Å²) in [7, 11) is -3.22. The highest BCUT2D eigenvalue weighted by molar-refractivity contribution is 9.10. The van der Waals surface area contributed by atoms with Gasteiger partial charge in [0.05, 0.1) is 10.7 Å². The highest BCUT2D eigenvalue weighted by Gasteiger charge is 2.26. The van der Waals surface area contributed by atoms with E-state index in [0.29, 0.717) is 42.5 Å². The molecule has 1 aromatic carbocycles. The van der Waals surface area contributed by atoms with Gasteiger partial charge < -0.3 is 4.90 Å². The molecular formula is C14H20BrN3O4S. The summed E-state index contributed by atoms with van der Waals surface area (Å²) in [4.78, 5) is 12.8. The van der Waals surface area contributed by atoms with Gasteiger partial charge in [-0.1, -0.05) is 22.9 Å². The summed E-state index contributed by atoms with van der Waals surface area (Å²) >= 11 is 3.25. The first kappa shape index (κ1) is 18.2. The first-order valence-corrected chi connectivity index (χ1v) is 9.96. The van der Waals surface area contributed by atoms with Crippen molar-refractivity contribution in [3.63, 3.8) is 0 Å². The lowest BCUT2D eigenvalue weighted by Crippen LogP contribution is -2.45. The summed E-state index contributed by atoms with van der Waals surface area (Å²) in [5.74, 6) is 0.130. The molecule has 1 aliphatic heterocycles. The van der Waals surface area contributed by atoms with Crippen molar-refractivity contribution in [3.05, 3.63) is 32.8 Å². The number of halogens is 1. The summed E-state index contributed by atoms with van der Waals surface area (Å²) in [6.07, 6.45) is 1.85. The van der Waals surface area contributed by atoms with Crippen molar-refractivity contribution in [2.24, 2.45) is 0 Å². The second-order valence-electron chi connectivity index (χ2n) is 5.59. The van der Waals surface area contributed by atoms with Crippen LogP contribution in [0, 0.1) is 10.1 Å². The average molecular weight is 406 g/mol. The van der Waals surface area contributed by atoms with E-state index in [4.69, 9.17) is 0 Å². The molecule has 0 spiro atoms. The Morgan fingerprint density at radius 1 is 1.39 bits per heavy atom.